The van der Waals surface area contributed by atoms with Crippen LogP contribution in [0.5, 0.6) is 0 Å². The van der Waals surface area contributed by atoms with Crippen molar-refractivity contribution in [2.45, 2.75) is 76.7 Å². The first-order valence-electron chi connectivity index (χ1n) is 11.4. The van der Waals surface area contributed by atoms with Crippen molar-refractivity contribution in [2.75, 3.05) is 0 Å². The Morgan fingerprint density at radius 2 is 1.85 bits per heavy atom. The molecule has 1 saturated heterocycles. The normalized spacial score (nSPS) is 56.1. The van der Waals surface area contributed by atoms with Crippen molar-refractivity contribution in [2.24, 2.45) is 46.3 Å². The van der Waals surface area contributed by atoms with E-state index in [1.807, 2.05) is 0 Å². The number of ketones is 1. The molecule has 27 heavy (non-hydrogen) atoms. The molecule has 0 aromatic rings. The van der Waals surface area contributed by atoms with Gasteiger partial charge >= 0.3 is 5.97 Å². The van der Waals surface area contributed by atoms with Crippen molar-refractivity contribution in [1.29, 1.82) is 0 Å². The van der Waals surface area contributed by atoms with E-state index < -0.39 is 0 Å². The van der Waals surface area contributed by atoms with E-state index in [-0.39, 0.29) is 17.0 Å². The van der Waals surface area contributed by atoms with Crippen LogP contribution in [0.3, 0.4) is 0 Å². The SMILES string of the molecule is C[C@]12CCC3C(CC4(CC4)C4=CC(=O)CC[C@@H]43)C1[C@@H]1C[C@@H]1[C@@]21CCC(=O)O1. The number of carbonyl (C=O) groups is 2. The van der Waals surface area contributed by atoms with Crippen molar-refractivity contribution in [3.8, 4) is 0 Å². The smallest absolute Gasteiger partial charge is 0.306 e. The fourth-order valence-corrected chi connectivity index (χ4v) is 9.48. The largest absolute Gasteiger partial charge is 0.458 e. The maximum atomic E-state index is 12.2. The Labute approximate surface area is 161 Å². The fraction of sp³-hybridized carbons (Fsp3) is 0.833. The summed E-state index contributed by atoms with van der Waals surface area (Å²) in [6, 6.07) is 0. The van der Waals surface area contributed by atoms with Crippen molar-refractivity contribution < 1.29 is 14.3 Å². The highest BCUT2D eigenvalue weighted by Crippen LogP contribution is 2.80. The van der Waals surface area contributed by atoms with Gasteiger partial charge in [-0.3, -0.25) is 9.59 Å². The summed E-state index contributed by atoms with van der Waals surface area (Å²) in [5.41, 5.74) is 2.03. The summed E-state index contributed by atoms with van der Waals surface area (Å²) >= 11 is 0. The van der Waals surface area contributed by atoms with Crippen LogP contribution in [0.15, 0.2) is 11.6 Å². The number of hydrogen-bond acceptors (Lipinski definition) is 3. The first kappa shape index (κ1) is 15.8. The zero-order valence-corrected chi connectivity index (χ0v) is 16.3. The number of rotatable bonds is 0. The standard InChI is InChI=1S/C24H30O3/c1-22-6-4-14-15-3-2-13(25)10-18(15)23(8-9-23)12-17(14)21(22)16-11-19(16)24(22)7-5-20(26)27-24/h10,14-17,19,21H,2-9,11-12H2,1H3/t14?,15-,16-,17?,19+,21?,22+,24+/m1/s1. The molecule has 0 amide bonds. The van der Waals surface area contributed by atoms with Crippen LogP contribution in [0.25, 0.3) is 0 Å². The highest BCUT2D eigenvalue weighted by atomic mass is 16.6. The summed E-state index contributed by atoms with van der Waals surface area (Å²) in [7, 11) is 0. The van der Waals surface area contributed by atoms with Gasteiger partial charge in [0.1, 0.15) is 5.60 Å². The molecular formula is C24H30O3. The molecule has 7 aliphatic rings. The molecule has 0 aromatic heterocycles. The molecule has 1 aliphatic heterocycles. The number of carbonyl (C=O) groups excluding carboxylic acids is 2. The van der Waals surface area contributed by atoms with E-state index in [1.165, 1.54) is 38.5 Å². The molecule has 1 heterocycles. The zero-order valence-electron chi connectivity index (χ0n) is 16.3. The lowest BCUT2D eigenvalue weighted by Gasteiger charge is -2.58. The van der Waals surface area contributed by atoms with Gasteiger partial charge in [0.2, 0.25) is 0 Å². The van der Waals surface area contributed by atoms with Crippen LogP contribution < -0.4 is 0 Å². The minimum absolute atomic E-state index is 0.0583. The zero-order chi connectivity index (χ0) is 18.2. The molecule has 6 aliphatic carbocycles. The van der Waals surface area contributed by atoms with Crippen molar-refractivity contribution in [3.63, 3.8) is 0 Å². The number of esters is 1. The highest BCUT2D eigenvalue weighted by molar-refractivity contribution is 5.91. The maximum Gasteiger partial charge on any atom is 0.306 e. The summed E-state index contributed by atoms with van der Waals surface area (Å²) in [6.45, 7) is 2.49. The summed E-state index contributed by atoms with van der Waals surface area (Å²) in [4.78, 5) is 24.3. The maximum absolute atomic E-state index is 12.2. The van der Waals surface area contributed by atoms with E-state index in [4.69, 9.17) is 4.74 Å². The van der Waals surface area contributed by atoms with E-state index in [0.717, 1.165) is 42.9 Å². The lowest BCUT2D eigenvalue weighted by molar-refractivity contribution is -0.175. The summed E-state index contributed by atoms with van der Waals surface area (Å²) in [5, 5.41) is 0. The summed E-state index contributed by atoms with van der Waals surface area (Å²) < 4.78 is 6.21. The van der Waals surface area contributed by atoms with Gasteiger partial charge in [0, 0.05) is 24.2 Å². The average Bonchev–Trinajstić information content (AvgIpc) is 3.54. The Morgan fingerprint density at radius 3 is 2.59 bits per heavy atom. The fourth-order valence-electron chi connectivity index (χ4n) is 9.48. The average molecular weight is 367 g/mol. The molecule has 2 spiro atoms. The summed E-state index contributed by atoms with van der Waals surface area (Å²) in [5.74, 6) is 4.90. The van der Waals surface area contributed by atoms with Crippen LogP contribution in [0.2, 0.25) is 0 Å². The van der Waals surface area contributed by atoms with Crippen LogP contribution in [-0.2, 0) is 14.3 Å². The molecule has 3 nitrogen and oxygen atoms in total. The van der Waals surface area contributed by atoms with Crippen molar-refractivity contribution in [1.82, 2.24) is 0 Å². The Bertz CT molecular complexity index is 806. The van der Waals surface area contributed by atoms with Crippen molar-refractivity contribution >= 4 is 11.8 Å². The van der Waals surface area contributed by atoms with Gasteiger partial charge in [-0.25, -0.2) is 0 Å². The first-order valence-corrected chi connectivity index (χ1v) is 11.4. The molecule has 3 unspecified atom stereocenters. The lowest BCUT2D eigenvalue weighted by Crippen LogP contribution is -2.56. The molecule has 7 rings (SSSR count). The quantitative estimate of drug-likeness (QED) is 0.595. The van der Waals surface area contributed by atoms with Gasteiger partial charge < -0.3 is 4.74 Å². The second-order valence-corrected chi connectivity index (χ2v) is 11.4. The molecular weight excluding hydrogens is 336 g/mol. The van der Waals surface area contributed by atoms with E-state index in [2.05, 4.69) is 13.0 Å². The molecule has 6 fully saturated rings. The molecule has 144 valence electrons. The van der Waals surface area contributed by atoms with Gasteiger partial charge in [-0.05, 0) is 92.4 Å². The highest BCUT2D eigenvalue weighted by Gasteiger charge is 2.79. The molecule has 0 radical (unpaired) electrons. The van der Waals surface area contributed by atoms with Crippen LogP contribution in [0.1, 0.15) is 71.1 Å². The van der Waals surface area contributed by atoms with Crippen LogP contribution >= 0.6 is 0 Å². The lowest BCUT2D eigenvalue weighted by atomic mass is 9.47. The minimum Gasteiger partial charge on any atom is -0.458 e. The predicted molar refractivity (Wildman–Crippen MR) is 99.6 cm³/mol. The van der Waals surface area contributed by atoms with Crippen LogP contribution in [0, 0.1) is 46.3 Å². The second-order valence-electron chi connectivity index (χ2n) is 11.4. The second kappa shape index (κ2) is 4.54. The van der Waals surface area contributed by atoms with Gasteiger partial charge in [0.05, 0.1) is 0 Å². The van der Waals surface area contributed by atoms with Crippen molar-refractivity contribution in [3.05, 3.63) is 11.6 Å². The van der Waals surface area contributed by atoms with Crippen LogP contribution in [0.4, 0.5) is 0 Å². The van der Waals surface area contributed by atoms with Gasteiger partial charge in [-0.2, -0.15) is 0 Å². The first-order chi connectivity index (χ1) is 13.0. The van der Waals surface area contributed by atoms with E-state index >= 15 is 0 Å². The third-order valence-electron chi connectivity index (χ3n) is 10.6. The number of allylic oxidation sites excluding steroid dienone is 1. The third-order valence-corrected chi connectivity index (χ3v) is 10.6. The minimum atomic E-state index is -0.125. The summed E-state index contributed by atoms with van der Waals surface area (Å²) in [6.07, 6.45) is 13.3. The Hall–Kier alpha value is -1.12. The Kier molecular flexibility index (Phi) is 2.65. The van der Waals surface area contributed by atoms with Gasteiger partial charge in [0.25, 0.3) is 0 Å². The predicted octanol–water partition coefficient (Wildman–Crippen LogP) is 4.45. The van der Waals surface area contributed by atoms with E-state index in [0.29, 0.717) is 29.5 Å². The molecule has 3 heteroatoms. The topological polar surface area (TPSA) is 43.4 Å². The number of fused-ring (bicyclic) bond motifs is 10. The monoisotopic (exact) mass is 366 g/mol. The third kappa shape index (κ3) is 1.69. The molecule has 0 aromatic carbocycles. The Morgan fingerprint density at radius 1 is 1.00 bits per heavy atom. The van der Waals surface area contributed by atoms with Gasteiger partial charge in [-0.1, -0.05) is 12.5 Å². The number of ether oxygens (including phenoxy) is 1. The molecule has 0 bridgehead atoms. The molecule has 5 saturated carbocycles. The molecule has 0 N–H and O–H groups in total. The van der Waals surface area contributed by atoms with Crippen LogP contribution in [-0.4, -0.2) is 17.4 Å². The Balaban J connectivity index is 1.31. The van der Waals surface area contributed by atoms with Gasteiger partial charge in [-0.15, -0.1) is 0 Å². The van der Waals surface area contributed by atoms with E-state index in [9.17, 15) is 9.59 Å². The van der Waals surface area contributed by atoms with Gasteiger partial charge in [0.15, 0.2) is 5.78 Å². The molecule has 8 atom stereocenters. The van der Waals surface area contributed by atoms with E-state index in [1.54, 1.807) is 5.57 Å². The number of hydrogen-bond donors (Lipinski definition) is 0.